The van der Waals surface area contributed by atoms with Gasteiger partial charge in [0, 0.05) is 52.0 Å². The number of nitrogens with zero attached hydrogens (tertiary/aromatic N) is 4. The third-order valence-corrected chi connectivity index (χ3v) is 7.46. The van der Waals surface area contributed by atoms with E-state index in [4.69, 9.17) is 5.73 Å². The highest BCUT2D eigenvalue weighted by Gasteiger charge is 2.54. The summed E-state index contributed by atoms with van der Waals surface area (Å²) in [6, 6.07) is 7.55. The fourth-order valence-corrected chi connectivity index (χ4v) is 5.38. The summed E-state index contributed by atoms with van der Waals surface area (Å²) >= 11 is 0. The molecule has 33 heavy (non-hydrogen) atoms. The van der Waals surface area contributed by atoms with Gasteiger partial charge in [0.1, 0.15) is 5.82 Å². The van der Waals surface area contributed by atoms with Crippen molar-refractivity contribution in [2.45, 2.75) is 13.3 Å². The summed E-state index contributed by atoms with van der Waals surface area (Å²) in [4.78, 5) is 33.3. The van der Waals surface area contributed by atoms with Crippen LogP contribution in [0.1, 0.15) is 11.1 Å². The van der Waals surface area contributed by atoms with Gasteiger partial charge in [-0.05, 0) is 67.0 Å². The first-order valence-electron chi connectivity index (χ1n) is 11.9. The quantitative estimate of drug-likeness (QED) is 0.595. The third-order valence-electron chi connectivity index (χ3n) is 7.46. The number of nitrogens with two attached hydrogens (primary N) is 1. The molecule has 1 saturated carbocycles. The topological polar surface area (TPSA) is 109 Å². The molecule has 0 radical (unpaired) electrons. The van der Waals surface area contributed by atoms with E-state index in [9.17, 15) is 9.59 Å². The number of fused-ring (bicyclic) bond motifs is 1. The lowest BCUT2D eigenvalue weighted by Gasteiger charge is -2.27. The number of aryl methyl sites for hydroxylation is 1. The van der Waals surface area contributed by atoms with E-state index < -0.39 is 5.69 Å². The summed E-state index contributed by atoms with van der Waals surface area (Å²) in [6.07, 6.45) is 2.67. The normalized spacial score (nSPS) is 24.5. The summed E-state index contributed by atoms with van der Waals surface area (Å²) in [5.74, 6) is 2.68. The first-order valence-corrected chi connectivity index (χ1v) is 11.9. The van der Waals surface area contributed by atoms with Gasteiger partial charge in [-0.25, -0.2) is 9.59 Å². The van der Waals surface area contributed by atoms with Crippen molar-refractivity contribution in [1.82, 2.24) is 24.7 Å². The zero-order valence-corrected chi connectivity index (χ0v) is 19.2. The average molecular weight is 452 g/mol. The molecule has 4 N–H and O–H groups in total. The number of carbonyl (C=O) groups excluding carboxylic acids is 1. The van der Waals surface area contributed by atoms with Crippen LogP contribution >= 0.6 is 0 Å². The second kappa shape index (κ2) is 9.24. The lowest BCUT2D eigenvalue weighted by atomic mass is 10.0. The lowest BCUT2D eigenvalue weighted by Crippen LogP contribution is -2.48. The standard InChI is InChI=1S/C24H33N7O2/c1-16-12-18(3-2-17(16)4-8-29-14-20-19(13-25)21(20)15-29)31-9-5-22(28-24(31)33)27-23(32)30-10-6-26-7-11-30/h2-3,5,9,12,19-21,26H,4,6-8,10-11,13-15,25H2,1H3,(H,27,28,32,33)/t19?,20-,21+. The molecule has 3 aliphatic rings. The molecule has 0 bridgehead atoms. The van der Waals surface area contributed by atoms with E-state index in [1.807, 2.05) is 12.1 Å². The second-order valence-electron chi connectivity index (χ2n) is 9.48. The maximum atomic E-state index is 12.6. The van der Waals surface area contributed by atoms with Gasteiger partial charge in [0.2, 0.25) is 0 Å². The van der Waals surface area contributed by atoms with E-state index in [0.717, 1.165) is 56.0 Å². The highest BCUT2D eigenvalue weighted by molar-refractivity contribution is 5.88. The van der Waals surface area contributed by atoms with Crippen molar-refractivity contribution in [3.8, 4) is 5.69 Å². The number of amides is 2. The van der Waals surface area contributed by atoms with Gasteiger partial charge in [-0.2, -0.15) is 4.98 Å². The highest BCUT2D eigenvalue weighted by atomic mass is 16.2. The predicted molar refractivity (Wildman–Crippen MR) is 128 cm³/mol. The Bertz CT molecular complexity index is 1070. The number of likely N-dealkylation sites (tertiary alicyclic amines) is 1. The van der Waals surface area contributed by atoms with Gasteiger partial charge in [0.15, 0.2) is 0 Å². The van der Waals surface area contributed by atoms with Crippen LogP contribution in [-0.2, 0) is 6.42 Å². The maximum Gasteiger partial charge on any atom is 0.354 e. The summed E-state index contributed by atoms with van der Waals surface area (Å²) in [6.45, 7) is 9.17. The minimum atomic E-state index is -0.411. The monoisotopic (exact) mass is 451 g/mol. The lowest BCUT2D eigenvalue weighted by molar-refractivity contribution is 0.204. The van der Waals surface area contributed by atoms with Crippen LogP contribution in [0, 0.1) is 24.7 Å². The molecule has 176 valence electrons. The van der Waals surface area contributed by atoms with Crippen LogP contribution in [0.25, 0.3) is 5.69 Å². The van der Waals surface area contributed by atoms with E-state index in [1.54, 1.807) is 17.2 Å². The maximum absolute atomic E-state index is 12.6. The molecule has 2 amide bonds. The van der Waals surface area contributed by atoms with Crippen molar-refractivity contribution in [2.24, 2.45) is 23.5 Å². The summed E-state index contributed by atoms with van der Waals surface area (Å²) in [5, 5.41) is 5.94. The highest BCUT2D eigenvalue weighted by Crippen LogP contribution is 2.50. The summed E-state index contributed by atoms with van der Waals surface area (Å²) in [5.41, 5.74) is 8.65. The molecular weight excluding hydrogens is 418 g/mol. The Morgan fingerprint density at radius 2 is 1.97 bits per heavy atom. The predicted octanol–water partition coefficient (Wildman–Crippen LogP) is 0.657. The second-order valence-corrected chi connectivity index (χ2v) is 9.48. The SMILES string of the molecule is Cc1cc(-n2ccc(NC(=O)N3CCNCC3)nc2=O)ccc1CCN1C[C@@H]2C(CN)[C@@H]2C1. The number of hydrogen-bond donors (Lipinski definition) is 3. The molecule has 1 aliphatic carbocycles. The molecule has 9 nitrogen and oxygen atoms in total. The number of carbonyl (C=O) groups is 1. The number of anilines is 1. The van der Waals surface area contributed by atoms with Gasteiger partial charge in [0.25, 0.3) is 0 Å². The van der Waals surface area contributed by atoms with E-state index in [1.165, 1.54) is 28.8 Å². The van der Waals surface area contributed by atoms with E-state index >= 15 is 0 Å². The van der Waals surface area contributed by atoms with Gasteiger partial charge in [-0.15, -0.1) is 0 Å². The Morgan fingerprint density at radius 3 is 2.64 bits per heavy atom. The van der Waals surface area contributed by atoms with Crippen LogP contribution in [0.15, 0.2) is 35.3 Å². The van der Waals surface area contributed by atoms with Gasteiger partial charge >= 0.3 is 11.7 Å². The number of hydrogen-bond acceptors (Lipinski definition) is 6. The zero-order chi connectivity index (χ0) is 22.9. The van der Waals surface area contributed by atoms with Crippen molar-refractivity contribution >= 4 is 11.8 Å². The van der Waals surface area contributed by atoms with Crippen LogP contribution in [0.3, 0.4) is 0 Å². The molecule has 2 aromatic rings. The Hall–Kier alpha value is -2.75. The molecule has 2 aliphatic heterocycles. The third kappa shape index (κ3) is 4.66. The molecule has 1 aromatic carbocycles. The van der Waals surface area contributed by atoms with Gasteiger partial charge in [-0.1, -0.05) is 6.07 Å². The summed E-state index contributed by atoms with van der Waals surface area (Å²) in [7, 11) is 0. The van der Waals surface area contributed by atoms with Crippen molar-refractivity contribution in [1.29, 1.82) is 0 Å². The number of nitrogens with one attached hydrogen (secondary N) is 2. The molecule has 9 heteroatoms. The Balaban J connectivity index is 1.20. The van der Waals surface area contributed by atoms with Crippen molar-refractivity contribution in [3.63, 3.8) is 0 Å². The van der Waals surface area contributed by atoms with Crippen LogP contribution in [0.4, 0.5) is 10.6 Å². The fourth-order valence-electron chi connectivity index (χ4n) is 5.38. The van der Waals surface area contributed by atoms with Crippen LogP contribution < -0.4 is 22.1 Å². The number of piperidine rings is 1. The Labute approximate surface area is 194 Å². The molecule has 0 spiro atoms. The first-order chi connectivity index (χ1) is 16.0. The Kier molecular flexibility index (Phi) is 6.18. The minimum absolute atomic E-state index is 0.227. The number of rotatable bonds is 6. The minimum Gasteiger partial charge on any atom is -0.330 e. The van der Waals surface area contributed by atoms with E-state index in [-0.39, 0.29) is 11.8 Å². The number of aromatic nitrogens is 2. The van der Waals surface area contributed by atoms with Crippen LogP contribution in [0.2, 0.25) is 0 Å². The van der Waals surface area contributed by atoms with Gasteiger partial charge in [0.05, 0.1) is 5.69 Å². The molecule has 3 atom stereocenters. The van der Waals surface area contributed by atoms with Crippen molar-refractivity contribution in [2.75, 3.05) is 57.7 Å². The smallest absolute Gasteiger partial charge is 0.330 e. The van der Waals surface area contributed by atoms with Crippen molar-refractivity contribution < 1.29 is 4.79 Å². The van der Waals surface area contributed by atoms with Gasteiger partial charge in [-0.3, -0.25) is 9.88 Å². The number of piperazine rings is 1. The van der Waals surface area contributed by atoms with E-state index in [0.29, 0.717) is 13.1 Å². The largest absolute Gasteiger partial charge is 0.354 e. The molecule has 1 unspecified atom stereocenters. The molecule has 3 fully saturated rings. The summed E-state index contributed by atoms with van der Waals surface area (Å²) < 4.78 is 1.51. The van der Waals surface area contributed by atoms with Crippen molar-refractivity contribution in [3.05, 3.63) is 52.1 Å². The molecule has 1 aromatic heterocycles. The Morgan fingerprint density at radius 1 is 1.21 bits per heavy atom. The van der Waals surface area contributed by atoms with Crippen LogP contribution in [0.5, 0.6) is 0 Å². The van der Waals surface area contributed by atoms with E-state index in [2.05, 4.69) is 33.5 Å². The molecule has 2 saturated heterocycles. The fraction of sp³-hybridized carbons (Fsp3) is 0.542. The first kappa shape index (κ1) is 22.1. The average Bonchev–Trinajstić information content (AvgIpc) is 3.30. The number of benzene rings is 1. The molecule has 5 rings (SSSR count). The van der Waals surface area contributed by atoms with Gasteiger partial charge < -0.3 is 20.9 Å². The molecular formula is C24H33N7O2. The van der Waals surface area contributed by atoms with Crippen LogP contribution in [-0.4, -0.2) is 77.7 Å². The number of urea groups is 1. The molecule has 3 heterocycles. The zero-order valence-electron chi connectivity index (χ0n) is 19.2.